The fraction of sp³-hybridized carbons (Fsp3) is 0.0667. The molecule has 1 aliphatic rings. The van der Waals surface area contributed by atoms with E-state index in [1.807, 2.05) is 0 Å². The highest BCUT2D eigenvalue weighted by atomic mass is 35.5. The van der Waals surface area contributed by atoms with Crippen LogP contribution in [0, 0.1) is 5.82 Å². The molecule has 2 aromatic carbocycles. The predicted octanol–water partition coefficient (Wildman–Crippen LogP) is 4.59. The molecule has 2 aromatic rings. The first-order valence-electron chi connectivity index (χ1n) is 6.12. The maximum absolute atomic E-state index is 13.0. The van der Waals surface area contributed by atoms with Gasteiger partial charge in [-0.05, 0) is 42.0 Å². The van der Waals surface area contributed by atoms with Gasteiger partial charge in [0.25, 0.3) is 5.91 Å². The lowest BCUT2D eigenvalue weighted by Gasteiger charge is -2.15. The van der Waals surface area contributed by atoms with E-state index in [-0.39, 0.29) is 11.7 Å². The van der Waals surface area contributed by atoms with Gasteiger partial charge in [0.15, 0.2) is 0 Å². The Balaban J connectivity index is 1.92. The zero-order valence-electron chi connectivity index (χ0n) is 10.6. The van der Waals surface area contributed by atoms with Crippen molar-refractivity contribution in [2.45, 2.75) is 5.25 Å². The van der Waals surface area contributed by atoms with Crippen LogP contribution in [0.25, 0.3) is 0 Å². The summed E-state index contributed by atoms with van der Waals surface area (Å²) in [7, 11) is 0. The quantitative estimate of drug-likeness (QED) is 0.748. The number of carbonyl (C=O) groups is 1. The van der Waals surface area contributed by atoms with Crippen LogP contribution in [0.4, 0.5) is 10.1 Å². The first kappa shape index (κ1) is 14.5. The van der Waals surface area contributed by atoms with Gasteiger partial charge in [-0.2, -0.15) is 0 Å². The van der Waals surface area contributed by atoms with E-state index in [2.05, 4.69) is 0 Å². The number of hydrogen-bond donors (Lipinski definition) is 0. The van der Waals surface area contributed by atoms with E-state index in [0.29, 0.717) is 15.0 Å². The second kappa shape index (κ2) is 5.75. The number of rotatable bonds is 2. The Morgan fingerprint density at radius 1 is 1.10 bits per heavy atom. The first-order valence-corrected chi connectivity index (χ1v) is 7.78. The van der Waals surface area contributed by atoms with E-state index in [4.69, 9.17) is 23.8 Å². The zero-order chi connectivity index (χ0) is 15.0. The van der Waals surface area contributed by atoms with Crippen molar-refractivity contribution >= 4 is 51.5 Å². The van der Waals surface area contributed by atoms with E-state index in [0.717, 1.165) is 5.56 Å². The van der Waals surface area contributed by atoms with Crippen LogP contribution >= 0.6 is 35.6 Å². The van der Waals surface area contributed by atoms with Crippen molar-refractivity contribution in [2.24, 2.45) is 0 Å². The van der Waals surface area contributed by atoms with Crippen molar-refractivity contribution in [3.8, 4) is 0 Å². The highest BCUT2D eigenvalue weighted by Gasteiger charge is 2.38. The lowest BCUT2D eigenvalue weighted by molar-refractivity contribution is -0.117. The van der Waals surface area contributed by atoms with Gasteiger partial charge in [0.1, 0.15) is 15.4 Å². The fourth-order valence-electron chi connectivity index (χ4n) is 2.08. The van der Waals surface area contributed by atoms with Gasteiger partial charge in [-0.1, -0.05) is 47.7 Å². The molecule has 6 heteroatoms. The molecule has 1 aliphatic heterocycles. The fourth-order valence-corrected chi connectivity index (χ4v) is 3.69. The largest absolute Gasteiger partial charge is 0.272 e. The Bertz CT molecular complexity index is 703. The van der Waals surface area contributed by atoms with Crippen molar-refractivity contribution in [3.05, 3.63) is 64.9 Å². The SMILES string of the molecule is O=C1C(c2ccc(F)cc2)SC(=S)N1c1ccc(Cl)cc1. The molecule has 0 bridgehead atoms. The number of benzene rings is 2. The van der Waals surface area contributed by atoms with Crippen LogP contribution in [0.5, 0.6) is 0 Å². The highest BCUT2D eigenvalue weighted by molar-refractivity contribution is 8.24. The molecular weight excluding hydrogens is 329 g/mol. The van der Waals surface area contributed by atoms with Crippen molar-refractivity contribution in [3.63, 3.8) is 0 Å². The summed E-state index contributed by atoms with van der Waals surface area (Å²) in [6.07, 6.45) is 0. The highest BCUT2D eigenvalue weighted by Crippen LogP contribution is 2.41. The van der Waals surface area contributed by atoms with Gasteiger partial charge in [0, 0.05) is 5.02 Å². The summed E-state index contributed by atoms with van der Waals surface area (Å²) in [6.45, 7) is 0. The van der Waals surface area contributed by atoms with Crippen molar-refractivity contribution in [1.82, 2.24) is 0 Å². The molecule has 2 nitrogen and oxygen atoms in total. The van der Waals surface area contributed by atoms with E-state index in [1.165, 1.54) is 28.8 Å². The Kier molecular flexibility index (Phi) is 3.97. The first-order chi connectivity index (χ1) is 10.1. The third-order valence-electron chi connectivity index (χ3n) is 3.10. The van der Waals surface area contributed by atoms with E-state index < -0.39 is 5.25 Å². The van der Waals surface area contributed by atoms with Crippen LogP contribution < -0.4 is 4.90 Å². The second-order valence-corrected chi connectivity index (χ2v) is 6.64. The average Bonchev–Trinajstić information content (AvgIpc) is 2.76. The Morgan fingerprint density at radius 2 is 1.71 bits per heavy atom. The summed E-state index contributed by atoms with van der Waals surface area (Å²) < 4.78 is 13.5. The Morgan fingerprint density at radius 3 is 2.33 bits per heavy atom. The van der Waals surface area contributed by atoms with Gasteiger partial charge in [-0.25, -0.2) is 4.39 Å². The number of halogens is 2. The smallest absolute Gasteiger partial charge is 0.250 e. The molecule has 21 heavy (non-hydrogen) atoms. The van der Waals surface area contributed by atoms with E-state index >= 15 is 0 Å². The number of thioether (sulfide) groups is 1. The average molecular weight is 338 g/mol. The lowest BCUT2D eigenvalue weighted by Crippen LogP contribution is -2.28. The van der Waals surface area contributed by atoms with Gasteiger partial charge in [0.05, 0.1) is 5.69 Å². The molecule has 0 saturated carbocycles. The van der Waals surface area contributed by atoms with Crippen LogP contribution in [-0.4, -0.2) is 10.2 Å². The zero-order valence-corrected chi connectivity index (χ0v) is 13.0. The Hall–Kier alpha value is -1.43. The minimum absolute atomic E-state index is 0.126. The van der Waals surface area contributed by atoms with Gasteiger partial charge in [-0.15, -0.1) is 0 Å². The third kappa shape index (κ3) is 2.81. The molecule has 1 unspecified atom stereocenters. The molecule has 0 radical (unpaired) electrons. The van der Waals surface area contributed by atoms with Crippen LogP contribution in [-0.2, 0) is 4.79 Å². The molecule has 1 amide bonds. The number of amides is 1. The summed E-state index contributed by atoms with van der Waals surface area (Å²) in [4.78, 5) is 14.1. The van der Waals surface area contributed by atoms with Crippen LogP contribution in [0.3, 0.4) is 0 Å². The predicted molar refractivity (Wildman–Crippen MR) is 88.3 cm³/mol. The molecule has 0 spiro atoms. The van der Waals surface area contributed by atoms with E-state index in [9.17, 15) is 9.18 Å². The molecule has 1 saturated heterocycles. The molecule has 1 fully saturated rings. The number of anilines is 1. The minimum Gasteiger partial charge on any atom is -0.272 e. The number of thiocarbonyl (C=S) groups is 1. The standard InChI is InChI=1S/C15H9ClFNOS2/c16-10-3-7-12(8-4-10)18-14(19)13(21-15(18)20)9-1-5-11(17)6-2-9/h1-8,13H. The van der Waals surface area contributed by atoms with E-state index in [1.54, 1.807) is 36.4 Å². The minimum atomic E-state index is -0.436. The molecular formula is C15H9ClFNOS2. The van der Waals surface area contributed by atoms with Gasteiger partial charge in [0.2, 0.25) is 0 Å². The summed E-state index contributed by atoms with van der Waals surface area (Å²) in [6, 6.07) is 12.8. The second-order valence-electron chi connectivity index (χ2n) is 4.47. The van der Waals surface area contributed by atoms with Gasteiger partial charge in [-0.3, -0.25) is 9.69 Å². The van der Waals surface area contributed by atoms with Crippen LogP contribution in [0.15, 0.2) is 48.5 Å². The maximum Gasteiger partial charge on any atom is 0.250 e. The molecule has 0 aromatic heterocycles. The molecule has 0 N–H and O–H groups in total. The molecule has 1 heterocycles. The van der Waals surface area contributed by atoms with Crippen LogP contribution in [0.2, 0.25) is 5.02 Å². The maximum atomic E-state index is 13.0. The van der Waals surface area contributed by atoms with Crippen molar-refractivity contribution in [1.29, 1.82) is 0 Å². The lowest BCUT2D eigenvalue weighted by atomic mass is 10.1. The molecule has 3 rings (SSSR count). The summed E-state index contributed by atoms with van der Waals surface area (Å²) >= 11 is 12.4. The van der Waals surface area contributed by atoms with Crippen LogP contribution in [0.1, 0.15) is 10.8 Å². The third-order valence-corrected chi connectivity index (χ3v) is 4.92. The summed E-state index contributed by atoms with van der Waals surface area (Å²) in [5, 5.41) is 0.160. The van der Waals surface area contributed by atoms with Gasteiger partial charge < -0.3 is 0 Å². The monoisotopic (exact) mass is 337 g/mol. The number of hydrogen-bond acceptors (Lipinski definition) is 3. The normalized spacial score (nSPS) is 18.4. The molecule has 0 aliphatic carbocycles. The summed E-state index contributed by atoms with van der Waals surface area (Å²) in [5.74, 6) is -0.453. The molecule has 106 valence electrons. The topological polar surface area (TPSA) is 20.3 Å². The van der Waals surface area contributed by atoms with Gasteiger partial charge >= 0.3 is 0 Å². The number of nitrogens with zero attached hydrogens (tertiary/aromatic N) is 1. The van der Waals surface area contributed by atoms with Crippen molar-refractivity contribution in [2.75, 3.05) is 4.90 Å². The summed E-state index contributed by atoms with van der Waals surface area (Å²) in [5.41, 5.74) is 1.43. The molecule has 1 atom stereocenters. The Labute approximate surface area is 135 Å². The number of carbonyl (C=O) groups excluding carboxylic acids is 1. The van der Waals surface area contributed by atoms with Crippen molar-refractivity contribution < 1.29 is 9.18 Å².